The smallest absolute Gasteiger partial charge is 0.358 e. The van der Waals surface area contributed by atoms with Gasteiger partial charge >= 0.3 is 5.97 Å². The van der Waals surface area contributed by atoms with Gasteiger partial charge in [-0.1, -0.05) is 0 Å². The van der Waals surface area contributed by atoms with Crippen LogP contribution >= 0.6 is 0 Å². The van der Waals surface area contributed by atoms with Crippen molar-refractivity contribution in [2.24, 2.45) is 0 Å². The summed E-state index contributed by atoms with van der Waals surface area (Å²) >= 11 is 0. The summed E-state index contributed by atoms with van der Waals surface area (Å²) in [6.07, 6.45) is 6.32. The normalized spacial score (nSPS) is 10.1. The second-order valence-corrected chi connectivity index (χ2v) is 3.18. The van der Waals surface area contributed by atoms with E-state index in [9.17, 15) is 4.79 Å². The number of aryl methyl sites for hydroxylation is 1. The number of aromatic nitrogens is 4. The lowest BCUT2D eigenvalue weighted by Crippen LogP contribution is -2.07. The van der Waals surface area contributed by atoms with Gasteiger partial charge in [0, 0.05) is 6.20 Å². The maximum Gasteiger partial charge on any atom is 0.358 e. The summed E-state index contributed by atoms with van der Waals surface area (Å²) in [6, 6.07) is 0. The van der Waals surface area contributed by atoms with E-state index in [2.05, 4.69) is 19.7 Å². The number of hydrogen-bond acceptors (Lipinski definition) is 5. The molecule has 0 aliphatic rings. The Morgan fingerprint density at radius 3 is 2.88 bits per heavy atom. The molecular weight excluding hydrogens is 208 g/mol. The van der Waals surface area contributed by atoms with Gasteiger partial charge in [-0.3, -0.25) is 9.55 Å². The van der Waals surface area contributed by atoms with Gasteiger partial charge in [0.05, 0.1) is 25.2 Å². The molecule has 6 nitrogen and oxygen atoms in total. The van der Waals surface area contributed by atoms with E-state index in [0.29, 0.717) is 5.82 Å². The van der Waals surface area contributed by atoms with Crippen LogP contribution in [-0.2, 0) is 4.74 Å². The molecule has 0 N–H and O–H groups in total. The lowest BCUT2D eigenvalue weighted by atomic mass is 10.4. The first kappa shape index (κ1) is 10.3. The summed E-state index contributed by atoms with van der Waals surface area (Å²) in [5, 5.41) is 0. The van der Waals surface area contributed by atoms with Crippen molar-refractivity contribution in [2.75, 3.05) is 7.11 Å². The third-order valence-electron chi connectivity index (χ3n) is 1.99. The number of methoxy groups -OCH3 is 1. The Hall–Kier alpha value is -2.24. The zero-order valence-electron chi connectivity index (χ0n) is 8.91. The van der Waals surface area contributed by atoms with E-state index >= 15 is 0 Å². The van der Waals surface area contributed by atoms with Crippen molar-refractivity contribution in [3.05, 3.63) is 36.3 Å². The van der Waals surface area contributed by atoms with E-state index < -0.39 is 5.97 Å². The number of ether oxygens (including phenoxy) is 1. The van der Waals surface area contributed by atoms with E-state index in [4.69, 9.17) is 0 Å². The Kier molecular flexibility index (Phi) is 2.63. The minimum atomic E-state index is -0.508. The van der Waals surface area contributed by atoms with Crippen LogP contribution < -0.4 is 0 Å². The fourth-order valence-corrected chi connectivity index (χ4v) is 1.23. The summed E-state index contributed by atoms with van der Waals surface area (Å²) in [7, 11) is 1.30. The van der Waals surface area contributed by atoms with Crippen LogP contribution in [0.3, 0.4) is 0 Å². The molecule has 0 unspecified atom stereocenters. The maximum atomic E-state index is 11.3. The van der Waals surface area contributed by atoms with Gasteiger partial charge in [-0.15, -0.1) is 0 Å². The van der Waals surface area contributed by atoms with Crippen molar-refractivity contribution in [3.63, 3.8) is 0 Å². The molecular formula is C10H10N4O2. The SMILES string of the molecule is COC(=O)c1cncc(-n2cnc(C)c2)n1. The van der Waals surface area contributed by atoms with Crippen molar-refractivity contribution < 1.29 is 9.53 Å². The summed E-state index contributed by atoms with van der Waals surface area (Å²) in [5.74, 6) is 0.0229. The highest BCUT2D eigenvalue weighted by Crippen LogP contribution is 2.05. The maximum absolute atomic E-state index is 11.3. The zero-order chi connectivity index (χ0) is 11.5. The van der Waals surface area contributed by atoms with Crippen molar-refractivity contribution in [1.29, 1.82) is 0 Å². The minimum Gasteiger partial charge on any atom is -0.464 e. The molecule has 2 aromatic rings. The van der Waals surface area contributed by atoms with Crippen LogP contribution in [0.1, 0.15) is 16.2 Å². The molecule has 0 atom stereocenters. The highest BCUT2D eigenvalue weighted by Gasteiger charge is 2.09. The average molecular weight is 218 g/mol. The fraction of sp³-hybridized carbons (Fsp3) is 0.200. The molecule has 0 aromatic carbocycles. The highest BCUT2D eigenvalue weighted by atomic mass is 16.5. The van der Waals surface area contributed by atoms with Gasteiger partial charge in [0.25, 0.3) is 0 Å². The molecule has 0 bridgehead atoms. The summed E-state index contributed by atoms with van der Waals surface area (Å²) in [5.41, 5.74) is 1.04. The second kappa shape index (κ2) is 4.09. The van der Waals surface area contributed by atoms with Crippen molar-refractivity contribution >= 4 is 5.97 Å². The Balaban J connectivity index is 2.39. The van der Waals surface area contributed by atoms with Crippen molar-refractivity contribution in [3.8, 4) is 5.82 Å². The van der Waals surface area contributed by atoms with Crippen molar-refractivity contribution in [2.45, 2.75) is 6.92 Å². The van der Waals surface area contributed by atoms with E-state index in [0.717, 1.165) is 5.69 Å². The highest BCUT2D eigenvalue weighted by molar-refractivity contribution is 5.86. The van der Waals surface area contributed by atoms with Gasteiger partial charge in [0.15, 0.2) is 11.5 Å². The monoisotopic (exact) mass is 218 g/mol. The average Bonchev–Trinajstić information content (AvgIpc) is 2.75. The Morgan fingerprint density at radius 1 is 1.44 bits per heavy atom. The number of esters is 1. The second-order valence-electron chi connectivity index (χ2n) is 3.18. The summed E-state index contributed by atoms with van der Waals surface area (Å²) in [4.78, 5) is 23.4. The van der Waals surface area contributed by atoms with Crippen LogP contribution in [0.5, 0.6) is 0 Å². The Labute approximate surface area is 91.9 Å². The van der Waals surface area contributed by atoms with Gasteiger partial charge < -0.3 is 4.74 Å². The Morgan fingerprint density at radius 2 is 2.25 bits per heavy atom. The van der Waals surface area contributed by atoms with E-state index in [1.807, 2.05) is 6.92 Å². The predicted molar refractivity (Wildman–Crippen MR) is 55.2 cm³/mol. The molecule has 0 aliphatic heterocycles. The third kappa shape index (κ3) is 1.90. The van der Waals surface area contributed by atoms with E-state index in [1.165, 1.54) is 13.3 Å². The lowest BCUT2D eigenvalue weighted by Gasteiger charge is -2.02. The Bertz CT molecular complexity index is 521. The van der Waals surface area contributed by atoms with Crippen LogP contribution in [0.2, 0.25) is 0 Å². The van der Waals surface area contributed by atoms with Crippen LogP contribution in [0.25, 0.3) is 5.82 Å². The topological polar surface area (TPSA) is 69.9 Å². The molecule has 6 heteroatoms. The number of carbonyl (C=O) groups is 1. The number of imidazole rings is 1. The van der Waals surface area contributed by atoms with E-state index in [1.54, 1.807) is 23.3 Å². The first-order valence-electron chi connectivity index (χ1n) is 4.62. The number of nitrogens with zero attached hydrogens (tertiary/aromatic N) is 4. The molecule has 0 fully saturated rings. The lowest BCUT2D eigenvalue weighted by molar-refractivity contribution is 0.0593. The predicted octanol–water partition coefficient (Wildman–Crippen LogP) is 0.757. The molecule has 0 aliphatic carbocycles. The zero-order valence-corrected chi connectivity index (χ0v) is 8.91. The standard InChI is InChI=1S/C10H10N4O2/c1-7-5-14(6-12-7)9-4-11-3-8(13-9)10(15)16-2/h3-6H,1-2H3. The van der Waals surface area contributed by atoms with Gasteiger partial charge in [-0.2, -0.15) is 0 Å². The largest absolute Gasteiger partial charge is 0.464 e. The van der Waals surface area contributed by atoms with Crippen LogP contribution in [-0.4, -0.2) is 32.6 Å². The minimum absolute atomic E-state index is 0.173. The van der Waals surface area contributed by atoms with Gasteiger partial charge in [0.2, 0.25) is 0 Å². The number of rotatable bonds is 2. The molecule has 0 radical (unpaired) electrons. The molecule has 0 saturated carbocycles. The summed E-state index contributed by atoms with van der Waals surface area (Å²) < 4.78 is 6.26. The fourth-order valence-electron chi connectivity index (χ4n) is 1.23. The molecule has 2 aromatic heterocycles. The quantitative estimate of drug-likeness (QED) is 0.696. The molecule has 2 heterocycles. The molecule has 82 valence electrons. The van der Waals surface area contributed by atoms with Gasteiger partial charge in [-0.25, -0.2) is 14.8 Å². The number of hydrogen-bond donors (Lipinski definition) is 0. The van der Waals surface area contributed by atoms with E-state index in [-0.39, 0.29) is 5.69 Å². The van der Waals surface area contributed by atoms with Crippen LogP contribution in [0, 0.1) is 6.92 Å². The molecule has 0 spiro atoms. The number of carbonyl (C=O) groups excluding carboxylic acids is 1. The molecule has 0 saturated heterocycles. The van der Waals surface area contributed by atoms with Gasteiger partial charge in [0.1, 0.15) is 6.33 Å². The first-order chi connectivity index (χ1) is 7.70. The summed E-state index contributed by atoms with van der Waals surface area (Å²) in [6.45, 7) is 1.87. The third-order valence-corrected chi connectivity index (χ3v) is 1.99. The van der Waals surface area contributed by atoms with Crippen molar-refractivity contribution in [1.82, 2.24) is 19.5 Å². The van der Waals surface area contributed by atoms with Crippen LogP contribution in [0.4, 0.5) is 0 Å². The van der Waals surface area contributed by atoms with Gasteiger partial charge in [-0.05, 0) is 6.92 Å². The first-order valence-corrected chi connectivity index (χ1v) is 4.62. The molecule has 0 amide bonds. The molecule has 16 heavy (non-hydrogen) atoms. The molecule has 2 rings (SSSR count). The van der Waals surface area contributed by atoms with Crippen LogP contribution in [0.15, 0.2) is 24.9 Å².